The largest absolute Gasteiger partial charge is 0.493 e. The summed E-state index contributed by atoms with van der Waals surface area (Å²) in [6.45, 7) is 14.7. The van der Waals surface area contributed by atoms with Crippen molar-refractivity contribution < 1.29 is 18.7 Å². The lowest BCUT2D eigenvalue weighted by molar-refractivity contribution is 0.0655. The number of hydrogen-bond acceptors (Lipinski definition) is 7. The lowest BCUT2D eigenvalue weighted by atomic mass is 9.97. The van der Waals surface area contributed by atoms with Crippen LogP contribution in [-0.4, -0.2) is 62.0 Å². The SMILES string of the molecule is CCCCOc1cc(N)c(C(=O)N2CCC(c3cncnc3)=C[C@H]2CO[Si](C)(C)C(C)(C)C)cc1OC. The fourth-order valence-electron chi connectivity index (χ4n) is 3.93. The van der Waals surface area contributed by atoms with E-state index < -0.39 is 8.32 Å². The van der Waals surface area contributed by atoms with Gasteiger partial charge in [-0.25, -0.2) is 9.97 Å². The van der Waals surface area contributed by atoms with Gasteiger partial charge in [0.15, 0.2) is 19.8 Å². The molecule has 1 amide bonds. The normalized spacial score (nSPS) is 16.4. The van der Waals surface area contributed by atoms with E-state index in [1.807, 2.05) is 17.3 Å². The van der Waals surface area contributed by atoms with Crippen molar-refractivity contribution in [3.8, 4) is 11.5 Å². The third-order valence-corrected chi connectivity index (χ3v) is 11.9. The Kier molecular flexibility index (Phi) is 9.36. The van der Waals surface area contributed by atoms with Gasteiger partial charge >= 0.3 is 0 Å². The molecule has 0 radical (unpaired) electrons. The van der Waals surface area contributed by atoms with Crippen LogP contribution in [-0.2, 0) is 4.43 Å². The first-order valence-corrected chi connectivity index (χ1v) is 15.9. The molecule has 0 saturated carbocycles. The van der Waals surface area contributed by atoms with E-state index in [2.05, 4.69) is 56.8 Å². The zero-order valence-corrected chi connectivity index (χ0v) is 24.3. The molecule has 1 aromatic carbocycles. The molecule has 37 heavy (non-hydrogen) atoms. The number of anilines is 1. The van der Waals surface area contributed by atoms with E-state index in [1.54, 1.807) is 19.2 Å². The number of hydrogen-bond donors (Lipinski definition) is 1. The highest BCUT2D eigenvalue weighted by Gasteiger charge is 2.39. The van der Waals surface area contributed by atoms with Crippen molar-refractivity contribution in [2.45, 2.75) is 71.1 Å². The van der Waals surface area contributed by atoms with Gasteiger partial charge in [-0.15, -0.1) is 0 Å². The molecule has 1 aliphatic heterocycles. The van der Waals surface area contributed by atoms with Gasteiger partial charge in [0.2, 0.25) is 0 Å². The van der Waals surface area contributed by atoms with E-state index in [4.69, 9.17) is 19.6 Å². The minimum atomic E-state index is -2.04. The van der Waals surface area contributed by atoms with Gasteiger partial charge in [0.05, 0.1) is 31.9 Å². The number of rotatable bonds is 10. The van der Waals surface area contributed by atoms with Gasteiger partial charge in [-0.2, -0.15) is 0 Å². The van der Waals surface area contributed by atoms with Crippen LogP contribution in [0.15, 0.2) is 36.9 Å². The molecule has 2 heterocycles. The second kappa shape index (κ2) is 12.1. The molecule has 2 N–H and O–H groups in total. The molecular weight excluding hydrogens is 484 g/mol. The molecule has 2 aromatic rings. The van der Waals surface area contributed by atoms with Crippen LogP contribution in [0, 0.1) is 0 Å². The Morgan fingerprint density at radius 2 is 1.89 bits per heavy atom. The summed E-state index contributed by atoms with van der Waals surface area (Å²) in [6, 6.07) is 3.13. The second-order valence-electron chi connectivity index (χ2n) is 11.0. The Morgan fingerprint density at radius 1 is 1.19 bits per heavy atom. The zero-order chi connectivity index (χ0) is 27.2. The third kappa shape index (κ3) is 6.90. The first-order chi connectivity index (χ1) is 17.5. The number of methoxy groups -OCH3 is 1. The number of nitrogens with two attached hydrogens (primary N) is 1. The number of benzene rings is 1. The molecule has 1 aliphatic rings. The number of amides is 1. The third-order valence-electron chi connectivity index (χ3n) is 7.35. The van der Waals surface area contributed by atoms with Crippen molar-refractivity contribution in [3.63, 3.8) is 0 Å². The summed E-state index contributed by atoms with van der Waals surface area (Å²) >= 11 is 0. The van der Waals surface area contributed by atoms with Gasteiger partial charge in [0.25, 0.3) is 5.91 Å². The Hall–Kier alpha value is -2.91. The van der Waals surface area contributed by atoms with Gasteiger partial charge in [-0.3, -0.25) is 4.79 Å². The maximum atomic E-state index is 13.9. The number of carbonyl (C=O) groups excluding carboxylic acids is 1. The van der Waals surface area contributed by atoms with Crippen molar-refractivity contribution in [2.75, 3.05) is 32.6 Å². The highest BCUT2D eigenvalue weighted by atomic mass is 28.4. The van der Waals surface area contributed by atoms with E-state index in [1.165, 1.54) is 6.33 Å². The molecule has 9 heteroatoms. The fraction of sp³-hybridized carbons (Fsp3) is 0.536. The molecular formula is C28H42N4O4Si. The number of nitrogens with zero attached hydrogens (tertiary/aromatic N) is 3. The average Bonchev–Trinajstić information content (AvgIpc) is 2.87. The molecule has 0 unspecified atom stereocenters. The molecule has 0 spiro atoms. The Labute approximate surface area is 222 Å². The van der Waals surface area contributed by atoms with Crippen LogP contribution in [0.3, 0.4) is 0 Å². The van der Waals surface area contributed by atoms with Crippen LogP contribution >= 0.6 is 0 Å². The van der Waals surface area contributed by atoms with Crippen molar-refractivity contribution >= 4 is 25.5 Å². The molecule has 3 rings (SSSR count). The van der Waals surface area contributed by atoms with Gasteiger partial charge in [-0.05, 0) is 42.6 Å². The summed E-state index contributed by atoms with van der Waals surface area (Å²) in [5.41, 5.74) is 9.22. The number of unbranched alkanes of at least 4 members (excludes halogenated alkanes) is 1. The summed E-state index contributed by atoms with van der Waals surface area (Å²) < 4.78 is 18.0. The topological polar surface area (TPSA) is 99.8 Å². The molecule has 0 saturated heterocycles. The Morgan fingerprint density at radius 3 is 2.51 bits per heavy atom. The Bertz CT molecular complexity index is 1100. The number of aromatic nitrogens is 2. The van der Waals surface area contributed by atoms with Crippen molar-refractivity contribution in [2.24, 2.45) is 0 Å². The van der Waals surface area contributed by atoms with Crippen LogP contribution in [0.2, 0.25) is 18.1 Å². The maximum absolute atomic E-state index is 13.9. The minimum Gasteiger partial charge on any atom is -0.493 e. The van der Waals surface area contributed by atoms with E-state index in [0.717, 1.165) is 24.0 Å². The lowest BCUT2D eigenvalue weighted by Crippen LogP contribution is -2.49. The van der Waals surface area contributed by atoms with E-state index >= 15 is 0 Å². The fourth-order valence-corrected chi connectivity index (χ4v) is 4.95. The number of carbonyl (C=O) groups is 1. The summed E-state index contributed by atoms with van der Waals surface area (Å²) in [4.78, 5) is 24.1. The monoisotopic (exact) mass is 526 g/mol. The van der Waals surface area contributed by atoms with E-state index in [0.29, 0.717) is 48.9 Å². The van der Waals surface area contributed by atoms with Crippen molar-refractivity contribution in [1.29, 1.82) is 0 Å². The van der Waals surface area contributed by atoms with Gasteiger partial charge < -0.3 is 24.5 Å². The first-order valence-electron chi connectivity index (χ1n) is 13.0. The van der Waals surface area contributed by atoms with Crippen LogP contribution < -0.4 is 15.2 Å². The number of ether oxygens (including phenoxy) is 2. The molecule has 0 fully saturated rings. The predicted octanol–water partition coefficient (Wildman–Crippen LogP) is 5.57. The quantitative estimate of drug-likeness (QED) is 0.245. The first kappa shape index (κ1) is 28.7. The van der Waals surface area contributed by atoms with Crippen LogP contribution in [0.25, 0.3) is 5.57 Å². The van der Waals surface area contributed by atoms with Gasteiger partial charge in [-0.1, -0.05) is 40.2 Å². The maximum Gasteiger partial charge on any atom is 0.256 e. The summed E-state index contributed by atoms with van der Waals surface area (Å²) in [5.74, 6) is 0.893. The van der Waals surface area contributed by atoms with Crippen molar-refractivity contribution in [1.82, 2.24) is 14.9 Å². The summed E-state index contributed by atoms with van der Waals surface area (Å²) in [7, 11) is -0.467. The highest BCUT2D eigenvalue weighted by molar-refractivity contribution is 6.74. The molecule has 0 bridgehead atoms. The van der Waals surface area contributed by atoms with Gasteiger partial charge in [0.1, 0.15) is 6.33 Å². The molecule has 8 nitrogen and oxygen atoms in total. The smallest absolute Gasteiger partial charge is 0.256 e. The van der Waals surface area contributed by atoms with E-state index in [-0.39, 0.29) is 17.0 Å². The molecule has 1 atom stereocenters. The number of nitrogen functional groups attached to an aromatic ring is 1. The van der Waals surface area contributed by atoms with Gasteiger partial charge in [0, 0.05) is 36.3 Å². The minimum absolute atomic E-state index is 0.0573. The zero-order valence-electron chi connectivity index (χ0n) is 23.3. The predicted molar refractivity (Wildman–Crippen MR) is 150 cm³/mol. The average molecular weight is 527 g/mol. The molecule has 202 valence electrons. The standard InChI is InChI=1S/C28H42N4O4Si/c1-8-9-12-35-26-15-24(29)23(14-25(26)34-5)27(33)32-11-10-20(21-16-30-19-31-17-21)13-22(32)18-36-37(6,7)28(2,3)4/h13-17,19,22H,8-12,18,29H2,1-7H3/t22-/m0/s1. The van der Waals surface area contributed by atoms with E-state index in [9.17, 15) is 4.79 Å². The molecule has 1 aromatic heterocycles. The summed E-state index contributed by atoms with van der Waals surface area (Å²) in [5, 5.41) is 0.0573. The lowest BCUT2D eigenvalue weighted by Gasteiger charge is -2.40. The summed E-state index contributed by atoms with van der Waals surface area (Å²) in [6.07, 6.45) is 9.88. The van der Waals surface area contributed by atoms with Crippen LogP contribution in [0.1, 0.15) is 62.9 Å². The second-order valence-corrected chi connectivity index (χ2v) is 15.8. The highest BCUT2D eigenvalue weighted by Crippen LogP contribution is 2.38. The molecule has 0 aliphatic carbocycles. The van der Waals surface area contributed by atoms with Crippen LogP contribution in [0.4, 0.5) is 5.69 Å². The Balaban J connectivity index is 1.92. The van der Waals surface area contributed by atoms with Crippen molar-refractivity contribution in [3.05, 3.63) is 48.1 Å². The van der Waals surface area contributed by atoms with Crippen LogP contribution in [0.5, 0.6) is 11.5 Å².